The molecule has 1 aromatic carbocycles. The number of ketones is 1. The second-order valence-corrected chi connectivity index (χ2v) is 7.87. The Labute approximate surface area is 171 Å². The summed E-state index contributed by atoms with van der Waals surface area (Å²) in [4.78, 5) is 41.8. The Hall–Kier alpha value is -3.14. The first-order chi connectivity index (χ1) is 13.8. The number of thioether (sulfide) groups is 1. The lowest BCUT2D eigenvalue weighted by Crippen LogP contribution is -2.43. The van der Waals surface area contributed by atoms with E-state index in [4.69, 9.17) is 5.73 Å². The molecule has 152 valence electrons. The highest BCUT2D eigenvalue weighted by atomic mass is 32.2. The Balaban J connectivity index is 1.83. The number of benzene rings is 1. The standard InChI is InChI=1S/C19H22N6O3S/c1-12(2)9-24-16(20)15(17(27)23(3)19(24)28)14(26)10-29-18-21-11-25(22-18)13-7-5-4-6-8-13/h4-8,11-12H,9-10,20H2,1-3H3. The second kappa shape index (κ2) is 8.48. The molecule has 0 saturated carbocycles. The van der Waals surface area contributed by atoms with Crippen LogP contribution in [-0.4, -0.2) is 35.4 Å². The normalized spacial score (nSPS) is 11.2. The Bertz CT molecular complexity index is 1150. The van der Waals surface area contributed by atoms with E-state index in [0.717, 1.165) is 22.0 Å². The van der Waals surface area contributed by atoms with Crippen molar-refractivity contribution in [1.82, 2.24) is 23.9 Å². The number of Topliss-reactive ketones (excluding diaryl/α,β-unsaturated/α-hetero) is 1. The predicted octanol–water partition coefficient (Wildman–Crippen LogP) is 1.34. The number of aromatic nitrogens is 5. The molecule has 3 aromatic rings. The lowest BCUT2D eigenvalue weighted by atomic mass is 10.2. The molecule has 0 radical (unpaired) electrons. The van der Waals surface area contributed by atoms with E-state index in [1.807, 2.05) is 44.2 Å². The highest BCUT2D eigenvalue weighted by molar-refractivity contribution is 7.99. The Morgan fingerprint density at radius 2 is 1.90 bits per heavy atom. The molecule has 0 saturated heterocycles. The third-order valence-electron chi connectivity index (χ3n) is 4.23. The van der Waals surface area contributed by atoms with Crippen LogP contribution in [0.1, 0.15) is 24.2 Å². The van der Waals surface area contributed by atoms with Gasteiger partial charge in [0.1, 0.15) is 17.7 Å². The van der Waals surface area contributed by atoms with Gasteiger partial charge in [-0.1, -0.05) is 43.8 Å². The van der Waals surface area contributed by atoms with Crippen molar-refractivity contribution in [1.29, 1.82) is 0 Å². The van der Waals surface area contributed by atoms with Gasteiger partial charge in [0, 0.05) is 13.6 Å². The molecule has 0 aliphatic heterocycles. The number of rotatable bonds is 7. The first-order valence-corrected chi connectivity index (χ1v) is 10.0. The fourth-order valence-electron chi connectivity index (χ4n) is 2.81. The number of carbonyl (C=O) groups is 1. The van der Waals surface area contributed by atoms with Crippen molar-refractivity contribution >= 4 is 23.4 Å². The molecule has 2 aromatic heterocycles. The van der Waals surface area contributed by atoms with Crippen LogP contribution in [0.25, 0.3) is 5.69 Å². The zero-order valence-corrected chi connectivity index (χ0v) is 17.2. The van der Waals surface area contributed by atoms with E-state index in [1.54, 1.807) is 11.0 Å². The molecule has 0 amide bonds. The molecule has 29 heavy (non-hydrogen) atoms. The monoisotopic (exact) mass is 414 g/mol. The third kappa shape index (κ3) is 4.32. The highest BCUT2D eigenvalue weighted by Gasteiger charge is 2.22. The van der Waals surface area contributed by atoms with Crippen LogP contribution in [-0.2, 0) is 13.6 Å². The quantitative estimate of drug-likeness (QED) is 0.458. The van der Waals surface area contributed by atoms with Crippen LogP contribution < -0.4 is 17.0 Å². The molecule has 2 heterocycles. The number of anilines is 1. The number of carbonyl (C=O) groups excluding carboxylic acids is 1. The van der Waals surface area contributed by atoms with Crippen molar-refractivity contribution in [3.8, 4) is 5.69 Å². The summed E-state index contributed by atoms with van der Waals surface area (Å²) in [7, 11) is 1.34. The number of para-hydroxylation sites is 1. The summed E-state index contributed by atoms with van der Waals surface area (Å²) in [6, 6.07) is 9.45. The van der Waals surface area contributed by atoms with Crippen molar-refractivity contribution in [3.05, 3.63) is 63.1 Å². The minimum atomic E-state index is -0.694. The van der Waals surface area contributed by atoms with E-state index in [1.165, 1.54) is 11.6 Å². The van der Waals surface area contributed by atoms with E-state index < -0.39 is 17.0 Å². The van der Waals surface area contributed by atoms with Crippen molar-refractivity contribution in [2.45, 2.75) is 25.5 Å². The molecule has 0 spiro atoms. The van der Waals surface area contributed by atoms with Crippen molar-refractivity contribution in [3.63, 3.8) is 0 Å². The van der Waals surface area contributed by atoms with Gasteiger partial charge < -0.3 is 5.73 Å². The van der Waals surface area contributed by atoms with Gasteiger partial charge in [-0.2, -0.15) is 0 Å². The van der Waals surface area contributed by atoms with Crippen LogP contribution in [0.4, 0.5) is 5.82 Å². The summed E-state index contributed by atoms with van der Waals surface area (Å²) in [5.41, 5.74) is 5.48. The smallest absolute Gasteiger partial charge is 0.332 e. The molecular formula is C19H22N6O3S. The molecule has 3 rings (SSSR count). The Morgan fingerprint density at radius 3 is 2.55 bits per heavy atom. The van der Waals surface area contributed by atoms with Gasteiger partial charge in [-0.3, -0.25) is 18.7 Å². The number of nitrogen functional groups attached to an aromatic ring is 1. The third-order valence-corrected chi connectivity index (χ3v) is 5.09. The van der Waals surface area contributed by atoms with E-state index >= 15 is 0 Å². The van der Waals surface area contributed by atoms with Crippen LogP contribution in [0.2, 0.25) is 0 Å². The summed E-state index contributed by atoms with van der Waals surface area (Å²) in [6.45, 7) is 4.15. The summed E-state index contributed by atoms with van der Waals surface area (Å²) in [5.74, 6) is -0.518. The molecule has 0 aliphatic rings. The first kappa shape index (κ1) is 20.6. The summed E-state index contributed by atoms with van der Waals surface area (Å²) in [5, 5.41) is 4.72. The van der Waals surface area contributed by atoms with Gasteiger partial charge in [0.2, 0.25) is 5.16 Å². The predicted molar refractivity (Wildman–Crippen MR) is 112 cm³/mol. The fourth-order valence-corrected chi connectivity index (χ4v) is 3.48. The molecule has 0 aliphatic carbocycles. The van der Waals surface area contributed by atoms with Gasteiger partial charge in [0.25, 0.3) is 5.56 Å². The molecule has 0 fully saturated rings. The van der Waals surface area contributed by atoms with Crippen LogP contribution >= 0.6 is 11.8 Å². The molecule has 2 N–H and O–H groups in total. The topological polar surface area (TPSA) is 118 Å². The van der Waals surface area contributed by atoms with Gasteiger partial charge in [0.15, 0.2) is 5.78 Å². The zero-order chi connectivity index (χ0) is 21.1. The zero-order valence-electron chi connectivity index (χ0n) is 16.4. The van der Waals surface area contributed by atoms with E-state index in [2.05, 4.69) is 10.1 Å². The second-order valence-electron chi connectivity index (χ2n) is 6.93. The lowest BCUT2D eigenvalue weighted by molar-refractivity contribution is 0.102. The van der Waals surface area contributed by atoms with Crippen molar-refractivity contribution in [2.75, 3.05) is 11.5 Å². The summed E-state index contributed by atoms with van der Waals surface area (Å²) in [6.07, 6.45) is 1.55. The fraction of sp³-hybridized carbons (Fsp3) is 0.316. The minimum absolute atomic E-state index is 0.0713. The maximum absolute atomic E-state index is 12.7. The molecule has 9 nitrogen and oxygen atoms in total. The average Bonchev–Trinajstić information content (AvgIpc) is 3.18. The average molecular weight is 414 g/mol. The maximum atomic E-state index is 12.7. The lowest BCUT2D eigenvalue weighted by Gasteiger charge is -2.15. The maximum Gasteiger partial charge on any atom is 0.332 e. The van der Waals surface area contributed by atoms with Crippen LogP contribution in [0.5, 0.6) is 0 Å². The molecule has 0 unspecified atom stereocenters. The van der Waals surface area contributed by atoms with Gasteiger partial charge in [0.05, 0.1) is 11.4 Å². The number of nitrogens with two attached hydrogens (primary N) is 1. The van der Waals surface area contributed by atoms with E-state index in [-0.39, 0.29) is 23.1 Å². The molecule has 0 bridgehead atoms. The first-order valence-electron chi connectivity index (χ1n) is 9.02. The number of nitrogens with zero attached hydrogens (tertiary/aromatic N) is 5. The minimum Gasteiger partial charge on any atom is -0.384 e. The van der Waals surface area contributed by atoms with Crippen molar-refractivity contribution < 1.29 is 4.79 Å². The highest BCUT2D eigenvalue weighted by Crippen LogP contribution is 2.17. The largest absolute Gasteiger partial charge is 0.384 e. The molecular weight excluding hydrogens is 392 g/mol. The number of hydrogen-bond acceptors (Lipinski definition) is 7. The van der Waals surface area contributed by atoms with Gasteiger partial charge in [-0.15, -0.1) is 5.10 Å². The van der Waals surface area contributed by atoms with Crippen LogP contribution in [0, 0.1) is 5.92 Å². The molecule has 10 heteroatoms. The van der Waals surface area contributed by atoms with E-state index in [9.17, 15) is 14.4 Å². The van der Waals surface area contributed by atoms with Crippen molar-refractivity contribution in [2.24, 2.45) is 13.0 Å². The SMILES string of the molecule is CC(C)Cn1c(N)c(C(=O)CSc2ncn(-c3ccccc3)n2)c(=O)n(C)c1=O. The van der Waals surface area contributed by atoms with E-state index in [0.29, 0.717) is 11.7 Å². The van der Waals surface area contributed by atoms with Gasteiger partial charge >= 0.3 is 5.69 Å². The van der Waals surface area contributed by atoms with Crippen LogP contribution in [0.3, 0.4) is 0 Å². The Kier molecular flexibility index (Phi) is 6.02. The summed E-state index contributed by atoms with van der Waals surface area (Å²) >= 11 is 1.10. The van der Waals surface area contributed by atoms with Gasteiger partial charge in [-0.05, 0) is 18.1 Å². The van der Waals surface area contributed by atoms with Gasteiger partial charge in [-0.25, -0.2) is 14.5 Å². The molecule has 0 atom stereocenters. The summed E-state index contributed by atoms with van der Waals surface area (Å²) < 4.78 is 3.79. The van der Waals surface area contributed by atoms with Crippen LogP contribution in [0.15, 0.2) is 51.4 Å². The Morgan fingerprint density at radius 1 is 1.21 bits per heavy atom. The number of hydrogen-bond donors (Lipinski definition) is 1.